The molecule has 2 aromatic rings. The molecular formula is C21H27BrO. The van der Waals surface area contributed by atoms with Crippen molar-refractivity contribution in [3.05, 3.63) is 65.2 Å². The lowest BCUT2D eigenvalue weighted by molar-refractivity contribution is 0.327. The first kappa shape index (κ1) is 18.1. The summed E-state index contributed by atoms with van der Waals surface area (Å²) >= 11 is 4.11. The van der Waals surface area contributed by atoms with E-state index in [4.69, 9.17) is 0 Å². The first-order valence-corrected chi connectivity index (χ1v) is 8.85. The van der Waals surface area contributed by atoms with Crippen LogP contribution in [0.4, 0.5) is 0 Å². The fourth-order valence-corrected chi connectivity index (χ4v) is 3.72. The van der Waals surface area contributed by atoms with Crippen molar-refractivity contribution < 1.29 is 5.11 Å². The van der Waals surface area contributed by atoms with Gasteiger partial charge in [-0.1, -0.05) is 93.9 Å². The molecule has 0 amide bonds. The molecule has 0 fully saturated rings. The molecule has 0 heterocycles. The van der Waals surface area contributed by atoms with E-state index in [-0.39, 0.29) is 15.2 Å². The third kappa shape index (κ3) is 3.33. The van der Waals surface area contributed by atoms with Crippen LogP contribution >= 0.6 is 15.9 Å². The van der Waals surface area contributed by atoms with Crippen LogP contribution in [0, 0.1) is 5.41 Å². The lowest BCUT2D eigenvalue weighted by Gasteiger charge is -2.44. The van der Waals surface area contributed by atoms with Gasteiger partial charge in [-0.2, -0.15) is 0 Å². The molecule has 1 N–H and O–H groups in total. The molecule has 0 radical (unpaired) electrons. The van der Waals surface area contributed by atoms with Crippen LogP contribution in [-0.4, -0.2) is 5.11 Å². The average Bonchev–Trinajstić information content (AvgIpc) is 2.45. The van der Waals surface area contributed by atoms with E-state index in [1.807, 2.05) is 12.1 Å². The summed E-state index contributed by atoms with van der Waals surface area (Å²) in [5, 5.41) is 10.0. The number of benzene rings is 2. The molecule has 1 nitrogen and oxygen atoms in total. The van der Waals surface area contributed by atoms with Crippen molar-refractivity contribution in [3.8, 4) is 5.75 Å². The van der Waals surface area contributed by atoms with E-state index in [9.17, 15) is 5.11 Å². The summed E-state index contributed by atoms with van der Waals surface area (Å²) in [5.74, 6) is 0.315. The van der Waals surface area contributed by atoms with Gasteiger partial charge in [0, 0.05) is 0 Å². The van der Waals surface area contributed by atoms with E-state index in [1.54, 1.807) is 6.07 Å². The molecule has 0 saturated carbocycles. The second-order valence-electron chi connectivity index (χ2n) is 8.25. The van der Waals surface area contributed by atoms with E-state index in [0.717, 1.165) is 5.56 Å². The highest BCUT2D eigenvalue weighted by Gasteiger charge is 2.45. The summed E-state index contributed by atoms with van der Waals surface area (Å²) in [6.07, 6.45) is 0. The lowest BCUT2D eigenvalue weighted by atomic mass is 9.68. The average molecular weight is 375 g/mol. The molecule has 0 aliphatic carbocycles. The Labute approximate surface area is 148 Å². The molecule has 23 heavy (non-hydrogen) atoms. The highest BCUT2D eigenvalue weighted by molar-refractivity contribution is 9.09. The third-order valence-corrected chi connectivity index (χ3v) is 6.46. The molecule has 0 aliphatic rings. The van der Waals surface area contributed by atoms with Gasteiger partial charge in [0.2, 0.25) is 0 Å². The number of aromatic hydroxyl groups is 1. The van der Waals surface area contributed by atoms with E-state index >= 15 is 0 Å². The minimum absolute atomic E-state index is 0.0503. The first-order chi connectivity index (χ1) is 10.5. The molecule has 0 saturated heterocycles. The fraction of sp³-hybridized carbons (Fsp3) is 0.429. The Morgan fingerprint density at radius 1 is 0.783 bits per heavy atom. The number of halogens is 1. The molecule has 1 atom stereocenters. The van der Waals surface area contributed by atoms with Gasteiger partial charge in [0.05, 0.1) is 4.32 Å². The molecular weight excluding hydrogens is 348 g/mol. The second kappa shape index (κ2) is 5.98. The maximum atomic E-state index is 10.0. The maximum Gasteiger partial charge on any atom is 0.115 e. The Morgan fingerprint density at radius 3 is 1.83 bits per heavy atom. The number of hydrogen-bond acceptors (Lipinski definition) is 1. The summed E-state index contributed by atoms with van der Waals surface area (Å²) in [5.41, 5.74) is 3.48. The summed E-state index contributed by atoms with van der Waals surface area (Å²) in [6, 6.07) is 16.3. The zero-order valence-electron chi connectivity index (χ0n) is 14.9. The molecule has 0 aromatic heterocycles. The van der Waals surface area contributed by atoms with Crippen molar-refractivity contribution in [2.24, 2.45) is 5.41 Å². The number of phenolic OH excluding ortho intramolecular Hbond substituents is 1. The van der Waals surface area contributed by atoms with Gasteiger partial charge in [-0.3, -0.25) is 0 Å². The Bertz CT molecular complexity index is 677. The van der Waals surface area contributed by atoms with E-state index in [1.165, 1.54) is 11.1 Å². The predicted molar refractivity (Wildman–Crippen MR) is 102 cm³/mol. The monoisotopic (exact) mass is 374 g/mol. The number of hydrogen-bond donors (Lipinski definition) is 1. The SMILES string of the molecule is CC(C)(C)c1cc(O)ccc1C(Br)(c1ccccc1)C(C)(C)C. The fourth-order valence-electron chi connectivity index (χ4n) is 3.11. The van der Waals surface area contributed by atoms with E-state index in [2.05, 4.69) is 87.8 Å². The van der Waals surface area contributed by atoms with Crippen LogP contribution in [0.15, 0.2) is 48.5 Å². The van der Waals surface area contributed by atoms with Crippen molar-refractivity contribution in [1.29, 1.82) is 0 Å². The first-order valence-electron chi connectivity index (χ1n) is 8.06. The highest BCUT2D eigenvalue weighted by atomic mass is 79.9. The zero-order valence-corrected chi connectivity index (χ0v) is 16.5. The molecule has 0 aliphatic heterocycles. The molecule has 2 aromatic carbocycles. The van der Waals surface area contributed by atoms with Gasteiger partial charge in [-0.05, 0) is 39.7 Å². The molecule has 0 spiro atoms. The van der Waals surface area contributed by atoms with Crippen molar-refractivity contribution in [3.63, 3.8) is 0 Å². The number of rotatable bonds is 2. The molecule has 124 valence electrons. The molecule has 2 heteroatoms. The van der Waals surface area contributed by atoms with Crippen LogP contribution < -0.4 is 0 Å². The van der Waals surface area contributed by atoms with Crippen LogP contribution in [0.25, 0.3) is 0 Å². The van der Waals surface area contributed by atoms with Crippen molar-refractivity contribution in [1.82, 2.24) is 0 Å². The molecule has 2 rings (SSSR count). The van der Waals surface area contributed by atoms with E-state index in [0.29, 0.717) is 5.75 Å². The standard InChI is InChI=1S/C21H27BrO/c1-19(2,3)18-14-16(23)12-13-17(18)21(22,20(4,5)6)15-10-8-7-9-11-15/h7-14,23H,1-6H3. The van der Waals surface area contributed by atoms with Crippen LogP contribution in [0.2, 0.25) is 0 Å². The Hall–Kier alpha value is -1.28. The molecule has 0 bridgehead atoms. The highest BCUT2D eigenvalue weighted by Crippen LogP contribution is 2.54. The predicted octanol–water partition coefficient (Wildman–Crippen LogP) is 6.37. The molecule has 1 unspecified atom stereocenters. The largest absolute Gasteiger partial charge is 0.508 e. The third-order valence-electron chi connectivity index (χ3n) is 4.39. The van der Waals surface area contributed by atoms with Gasteiger partial charge in [-0.15, -0.1) is 0 Å². The summed E-state index contributed by atoms with van der Waals surface area (Å²) in [7, 11) is 0. The van der Waals surface area contributed by atoms with Crippen LogP contribution in [-0.2, 0) is 9.74 Å². The quantitative estimate of drug-likeness (QED) is 0.605. The van der Waals surface area contributed by atoms with Gasteiger partial charge < -0.3 is 5.11 Å². The van der Waals surface area contributed by atoms with Crippen molar-refractivity contribution in [2.75, 3.05) is 0 Å². The summed E-state index contributed by atoms with van der Waals surface area (Å²) < 4.78 is -0.336. The van der Waals surface area contributed by atoms with Crippen molar-refractivity contribution in [2.45, 2.75) is 51.3 Å². The minimum Gasteiger partial charge on any atom is -0.508 e. The number of phenols is 1. The number of alkyl halides is 1. The lowest BCUT2D eigenvalue weighted by Crippen LogP contribution is -2.37. The van der Waals surface area contributed by atoms with Gasteiger partial charge in [-0.25, -0.2) is 0 Å². The Kier molecular flexibility index (Phi) is 4.69. The van der Waals surface area contributed by atoms with Crippen molar-refractivity contribution >= 4 is 15.9 Å². The van der Waals surface area contributed by atoms with E-state index < -0.39 is 0 Å². The maximum absolute atomic E-state index is 10.0. The van der Waals surface area contributed by atoms with Gasteiger partial charge in [0.25, 0.3) is 0 Å². The van der Waals surface area contributed by atoms with Crippen LogP contribution in [0.3, 0.4) is 0 Å². The Morgan fingerprint density at radius 2 is 1.35 bits per heavy atom. The summed E-state index contributed by atoms with van der Waals surface area (Å²) in [4.78, 5) is 0. The second-order valence-corrected chi connectivity index (χ2v) is 9.44. The van der Waals surface area contributed by atoms with Gasteiger partial charge in [0.15, 0.2) is 0 Å². The zero-order chi connectivity index (χ0) is 17.5. The Balaban J connectivity index is 2.83. The topological polar surface area (TPSA) is 20.2 Å². The van der Waals surface area contributed by atoms with Gasteiger partial charge >= 0.3 is 0 Å². The normalized spacial score (nSPS) is 15.3. The smallest absolute Gasteiger partial charge is 0.115 e. The van der Waals surface area contributed by atoms with Crippen LogP contribution in [0.5, 0.6) is 5.75 Å². The van der Waals surface area contributed by atoms with Crippen LogP contribution in [0.1, 0.15) is 58.2 Å². The van der Waals surface area contributed by atoms with Gasteiger partial charge in [0.1, 0.15) is 5.75 Å². The minimum atomic E-state index is -0.336. The summed E-state index contributed by atoms with van der Waals surface area (Å²) in [6.45, 7) is 13.3.